The van der Waals surface area contributed by atoms with E-state index in [1.807, 2.05) is 0 Å². The van der Waals surface area contributed by atoms with Crippen molar-refractivity contribution in [3.8, 4) is 0 Å². The van der Waals surface area contributed by atoms with Crippen molar-refractivity contribution in [1.29, 1.82) is 0 Å². The molecule has 0 heterocycles. The van der Waals surface area contributed by atoms with Crippen LogP contribution in [0.25, 0.3) is 0 Å². The third-order valence-electron chi connectivity index (χ3n) is 7.15. The number of hydrogen-bond donors (Lipinski definition) is 1. The second kappa shape index (κ2) is 5.11. The second-order valence-electron chi connectivity index (χ2n) is 9.31. The van der Waals surface area contributed by atoms with E-state index in [-0.39, 0.29) is 0 Å². The van der Waals surface area contributed by atoms with E-state index in [1.54, 1.807) is 5.57 Å². The largest absolute Gasteiger partial charge is 0.390 e. The van der Waals surface area contributed by atoms with E-state index in [2.05, 4.69) is 40.7 Å². The van der Waals surface area contributed by atoms with Crippen LogP contribution in [0.5, 0.6) is 0 Å². The van der Waals surface area contributed by atoms with Crippen LogP contribution in [0.2, 0.25) is 0 Å². The van der Waals surface area contributed by atoms with Crippen molar-refractivity contribution in [3.63, 3.8) is 0 Å². The van der Waals surface area contributed by atoms with Gasteiger partial charge in [0.2, 0.25) is 0 Å². The summed E-state index contributed by atoms with van der Waals surface area (Å²) in [4.78, 5) is 0. The number of aliphatic hydroxyl groups is 1. The highest BCUT2D eigenvalue weighted by Crippen LogP contribution is 2.62. The standard InChI is InChI=1S/C20H34O/c1-13(2)17-8-9-18-16-10-14(3)6-7-15(16)11-19(4,21)12-20(17,18)5/h10,13,15-18,21H,6-9,11-12H2,1-5H3/t15?,16-,17+,18+,19-,20-/m0/s1. The Bertz CT molecular complexity index is 433. The third-order valence-corrected chi connectivity index (χ3v) is 7.15. The highest BCUT2D eigenvalue weighted by Gasteiger charge is 2.56. The molecular formula is C20H34O. The molecule has 1 heteroatoms. The van der Waals surface area contributed by atoms with E-state index in [4.69, 9.17) is 0 Å². The average Bonchev–Trinajstić information content (AvgIpc) is 2.63. The van der Waals surface area contributed by atoms with Gasteiger partial charge in [-0.2, -0.15) is 0 Å². The van der Waals surface area contributed by atoms with Crippen LogP contribution in [-0.2, 0) is 0 Å². The molecule has 3 rings (SSSR count). The van der Waals surface area contributed by atoms with Crippen LogP contribution < -0.4 is 0 Å². The van der Waals surface area contributed by atoms with E-state index < -0.39 is 5.60 Å². The summed E-state index contributed by atoms with van der Waals surface area (Å²) >= 11 is 0. The molecule has 0 saturated heterocycles. The van der Waals surface area contributed by atoms with Gasteiger partial charge in [-0.1, -0.05) is 32.4 Å². The molecule has 120 valence electrons. The summed E-state index contributed by atoms with van der Waals surface area (Å²) in [5, 5.41) is 11.1. The summed E-state index contributed by atoms with van der Waals surface area (Å²) in [5.41, 5.74) is 1.45. The van der Waals surface area contributed by atoms with Gasteiger partial charge >= 0.3 is 0 Å². The Morgan fingerprint density at radius 1 is 1.19 bits per heavy atom. The monoisotopic (exact) mass is 290 g/mol. The summed E-state index contributed by atoms with van der Waals surface area (Å²) < 4.78 is 0. The van der Waals surface area contributed by atoms with E-state index in [1.165, 1.54) is 25.7 Å². The first kappa shape index (κ1) is 15.6. The topological polar surface area (TPSA) is 20.2 Å². The Hall–Kier alpha value is -0.300. The first-order chi connectivity index (χ1) is 9.73. The number of hydrogen-bond acceptors (Lipinski definition) is 1. The van der Waals surface area contributed by atoms with Crippen molar-refractivity contribution in [2.45, 2.75) is 78.7 Å². The van der Waals surface area contributed by atoms with Crippen molar-refractivity contribution in [1.82, 2.24) is 0 Å². The number of allylic oxidation sites excluding steroid dienone is 2. The number of rotatable bonds is 1. The van der Waals surface area contributed by atoms with Gasteiger partial charge in [-0.25, -0.2) is 0 Å². The molecule has 0 amide bonds. The Morgan fingerprint density at radius 2 is 1.90 bits per heavy atom. The molecule has 1 N–H and O–H groups in total. The Kier molecular flexibility index (Phi) is 3.80. The Labute approximate surface area is 131 Å². The van der Waals surface area contributed by atoms with E-state index in [9.17, 15) is 5.11 Å². The lowest BCUT2D eigenvalue weighted by Gasteiger charge is -2.43. The van der Waals surface area contributed by atoms with Crippen molar-refractivity contribution in [2.75, 3.05) is 0 Å². The highest BCUT2D eigenvalue weighted by atomic mass is 16.3. The molecule has 2 saturated carbocycles. The zero-order valence-electron chi connectivity index (χ0n) is 14.7. The SMILES string of the molecule is CC1=C[C@H]2C(CC1)C[C@](C)(O)C[C@@]1(C)[C@@H](C(C)C)CC[C@H]21. The third kappa shape index (κ3) is 2.60. The quantitative estimate of drug-likeness (QED) is 0.659. The van der Waals surface area contributed by atoms with Crippen LogP contribution in [0.1, 0.15) is 73.1 Å². The normalized spacial score (nSPS) is 50.3. The lowest BCUT2D eigenvalue weighted by molar-refractivity contribution is -0.0211. The minimum Gasteiger partial charge on any atom is -0.390 e. The van der Waals surface area contributed by atoms with Crippen LogP contribution in [0.4, 0.5) is 0 Å². The van der Waals surface area contributed by atoms with E-state index in [0.717, 1.165) is 36.5 Å². The second-order valence-corrected chi connectivity index (χ2v) is 9.31. The predicted molar refractivity (Wildman–Crippen MR) is 89.0 cm³/mol. The van der Waals surface area contributed by atoms with Gasteiger partial charge < -0.3 is 5.11 Å². The van der Waals surface area contributed by atoms with Crippen LogP contribution in [0.15, 0.2) is 11.6 Å². The number of fused-ring (bicyclic) bond motifs is 3. The molecule has 0 aromatic heterocycles. The first-order valence-electron chi connectivity index (χ1n) is 9.12. The van der Waals surface area contributed by atoms with Crippen molar-refractivity contribution in [2.24, 2.45) is 35.0 Å². The summed E-state index contributed by atoms with van der Waals surface area (Å²) in [6.45, 7) is 11.7. The summed E-state index contributed by atoms with van der Waals surface area (Å²) in [5.74, 6) is 3.74. The molecule has 0 aliphatic heterocycles. The van der Waals surface area contributed by atoms with Gasteiger partial charge in [-0.3, -0.25) is 0 Å². The van der Waals surface area contributed by atoms with Crippen molar-refractivity contribution >= 4 is 0 Å². The average molecular weight is 290 g/mol. The molecular weight excluding hydrogens is 256 g/mol. The van der Waals surface area contributed by atoms with Gasteiger partial charge in [0.1, 0.15) is 0 Å². The molecule has 0 spiro atoms. The summed E-state index contributed by atoms with van der Waals surface area (Å²) in [7, 11) is 0. The van der Waals surface area contributed by atoms with Gasteiger partial charge in [0.05, 0.1) is 5.60 Å². The lowest BCUT2D eigenvalue weighted by Crippen LogP contribution is -2.39. The molecule has 21 heavy (non-hydrogen) atoms. The van der Waals surface area contributed by atoms with Gasteiger partial charge in [0.15, 0.2) is 0 Å². The van der Waals surface area contributed by atoms with Crippen LogP contribution in [-0.4, -0.2) is 10.7 Å². The minimum atomic E-state index is -0.469. The van der Waals surface area contributed by atoms with Crippen LogP contribution in [0.3, 0.4) is 0 Å². The van der Waals surface area contributed by atoms with Crippen molar-refractivity contribution in [3.05, 3.63) is 11.6 Å². The van der Waals surface area contributed by atoms with Gasteiger partial charge in [0.25, 0.3) is 0 Å². The molecule has 1 unspecified atom stereocenters. The fraction of sp³-hybridized carbons (Fsp3) is 0.900. The van der Waals surface area contributed by atoms with Crippen LogP contribution >= 0.6 is 0 Å². The Balaban J connectivity index is 2.02. The molecule has 2 fully saturated rings. The zero-order valence-corrected chi connectivity index (χ0v) is 14.7. The van der Waals surface area contributed by atoms with E-state index in [0.29, 0.717) is 11.3 Å². The molecule has 1 nitrogen and oxygen atoms in total. The molecule has 0 bridgehead atoms. The fourth-order valence-electron chi connectivity index (χ4n) is 6.58. The molecule has 0 aromatic rings. The molecule has 3 aliphatic carbocycles. The maximum Gasteiger partial charge on any atom is 0.0628 e. The zero-order chi connectivity index (χ0) is 15.4. The lowest BCUT2D eigenvalue weighted by atomic mass is 9.62. The predicted octanol–water partition coefficient (Wildman–Crippen LogP) is 5.19. The fourth-order valence-corrected chi connectivity index (χ4v) is 6.58. The molecule has 0 aromatic carbocycles. The van der Waals surface area contributed by atoms with Gasteiger partial charge in [-0.05, 0) is 87.4 Å². The molecule has 6 atom stereocenters. The maximum atomic E-state index is 11.1. The maximum absolute atomic E-state index is 11.1. The summed E-state index contributed by atoms with van der Waals surface area (Å²) in [6.07, 6.45) is 9.90. The van der Waals surface area contributed by atoms with Gasteiger partial charge in [-0.15, -0.1) is 0 Å². The van der Waals surface area contributed by atoms with Crippen LogP contribution in [0, 0.1) is 35.0 Å². The molecule has 3 aliphatic rings. The van der Waals surface area contributed by atoms with Gasteiger partial charge in [0, 0.05) is 0 Å². The minimum absolute atomic E-state index is 0.325. The first-order valence-corrected chi connectivity index (χ1v) is 9.12. The highest BCUT2D eigenvalue weighted by molar-refractivity contribution is 5.15. The smallest absolute Gasteiger partial charge is 0.0628 e. The van der Waals surface area contributed by atoms with Crippen molar-refractivity contribution < 1.29 is 5.11 Å². The van der Waals surface area contributed by atoms with E-state index >= 15 is 0 Å². The summed E-state index contributed by atoms with van der Waals surface area (Å²) in [6, 6.07) is 0. The molecule has 0 radical (unpaired) electrons. The Morgan fingerprint density at radius 3 is 2.57 bits per heavy atom.